The number of aryl methyl sites for hydroxylation is 1. The second-order valence-corrected chi connectivity index (χ2v) is 8.20. The second-order valence-electron chi connectivity index (χ2n) is 4.87. The largest absolute Gasteiger partial charge is 0.326 e. The zero-order valence-electron chi connectivity index (χ0n) is 10.8. The predicted molar refractivity (Wildman–Crippen MR) is 74.2 cm³/mol. The van der Waals surface area contributed by atoms with Crippen molar-refractivity contribution in [2.24, 2.45) is 11.7 Å². The molecule has 2 unspecified atom stereocenters. The number of nitrogens with zero attached hydrogens (tertiary/aromatic N) is 1. The first-order chi connectivity index (χ1) is 8.45. The molecule has 2 heterocycles. The number of hydrogen-bond acceptors (Lipinski definition) is 4. The molecule has 1 aliphatic heterocycles. The van der Waals surface area contributed by atoms with Gasteiger partial charge in [0, 0.05) is 24.0 Å². The van der Waals surface area contributed by atoms with Crippen molar-refractivity contribution in [1.29, 1.82) is 0 Å². The van der Waals surface area contributed by atoms with Gasteiger partial charge in [0.25, 0.3) is 10.0 Å². The van der Waals surface area contributed by atoms with Crippen molar-refractivity contribution < 1.29 is 8.42 Å². The minimum Gasteiger partial charge on any atom is -0.326 e. The van der Waals surface area contributed by atoms with Gasteiger partial charge in [0.05, 0.1) is 0 Å². The topological polar surface area (TPSA) is 63.4 Å². The zero-order chi connectivity index (χ0) is 13.3. The Labute approximate surface area is 113 Å². The van der Waals surface area contributed by atoms with Crippen LogP contribution in [0.2, 0.25) is 0 Å². The number of hydrogen-bond donors (Lipinski definition) is 1. The summed E-state index contributed by atoms with van der Waals surface area (Å²) in [7, 11) is -3.34. The molecule has 2 N–H and O–H groups in total. The first kappa shape index (κ1) is 14.0. The molecule has 0 aromatic carbocycles. The summed E-state index contributed by atoms with van der Waals surface area (Å²) in [5, 5.41) is 0. The molecule has 0 saturated carbocycles. The maximum Gasteiger partial charge on any atom is 0.252 e. The van der Waals surface area contributed by atoms with Crippen molar-refractivity contribution in [1.82, 2.24) is 4.31 Å². The Morgan fingerprint density at radius 2 is 2.22 bits per heavy atom. The van der Waals surface area contributed by atoms with Gasteiger partial charge in [-0.15, -0.1) is 11.3 Å². The van der Waals surface area contributed by atoms with Crippen LogP contribution in [0.5, 0.6) is 0 Å². The SMILES string of the molecule is CCc1ccc(S(=O)(=O)N2CCC(C)C(N)C2)s1. The summed E-state index contributed by atoms with van der Waals surface area (Å²) in [6.07, 6.45) is 1.71. The normalized spacial score (nSPS) is 26.4. The monoisotopic (exact) mass is 288 g/mol. The summed E-state index contributed by atoms with van der Waals surface area (Å²) >= 11 is 1.37. The molecule has 0 bridgehead atoms. The average molecular weight is 288 g/mol. The van der Waals surface area contributed by atoms with E-state index in [1.807, 2.05) is 13.0 Å². The zero-order valence-corrected chi connectivity index (χ0v) is 12.4. The fourth-order valence-electron chi connectivity index (χ4n) is 2.10. The van der Waals surface area contributed by atoms with Crippen LogP contribution in [0.15, 0.2) is 16.3 Å². The van der Waals surface area contributed by atoms with Crippen LogP contribution < -0.4 is 5.73 Å². The van der Waals surface area contributed by atoms with Crippen LogP contribution in [0.1, 0.15) is 25.1 Å². The molecule has 0 spiro atoms. The molecule has 0 aliphatic carbocycles. The third-order valence-corrected chi connectivity index (χ3v) is 7.12. The van der Waals surface area contributed by atoms with E-state index in [0.29, 0.717) is 23.2 Å². The van der Waals surface area contributed by atoms with E-state index in [1.54, 1.807) is 6.07 Å². The number of piperidine rings is 1. The fourth-order valence-corrected chi connectivity index (χ4v) is 5.04. The highest BCUT2D eigenvalue weighted by Gasteiger charge is 2.32. The van der Waals surface area contributed by atoms with Gasteiger partial charge < -0.3 is 5.73 Å². The molecule has 4 nitrogen and oxygen atoms in total. The Balaban J connectivity index is 2.21. The van der Waals surface area contributed by atoms with Gasteiger partial charge in [-0.25, -0.2) is 8.42 Å². The minimum absolute atomic E-state index is 0.0564. The number of nitrogens with two attached hydrogens (primary N) is 1. The van der Waals surface area contributed by atoms with Gasteiger partial charge in [0.15, 0.2) is 0 Å². The lowest BCUT2D eigenvalue weighted by molar-refractivity contribution is 0.253. The summed E-state index contributed by atoms with van der Waals surface area (Å²) < 4.78 is 26.9. The molecule has 0 radical (unpaired) electrons. The number of rotatable bonds is 3. The molecule has 1 fully saturated rings. The standard InChI is InChI=1S/C12H20N2O2S2/c1-3-10-4-5-12(17-10)18(15,16)14-7-6-9(2)11(13)8-14/h4-5,9,11H,3,6-8,13H2,1-2H3. The van der Waals surface area contributed by atoms with Crippen LogP contribution in [0, 0.1) is 5.92 Å². The van der Waals surface area contributed by atoms with Gasteiger partial charge in [0.2, 0.25) is 0 Å². The van der Waals surface area contributed by atoms with E-state index in [2.05, 4.69) is 6.92 Å². The molecule has 2 rings (SSSR count). The van der Waals surface area contributed by atoms with Crippen molar-refractivity contribution in [3.63, 3.8) is 0 Å². The highest BCUT2D eigenvalue weighted by atomic mass is 32.2. The highest BCUT2D eigenvalue weighted by molar-refractivity contribution is 7.91. The summed E-state index contributed by atoms with van der Waals surface area (Å²) in [6, 6.07) is 3.55. The Morgan fingerprint density at radius 3 is 2.78 bits per heavy atom. The molecular weight excluding hydrogens is 268 g/mol. The Kier molecular flexibility index (Phi) is 4.11. The molecule has 1 saturated heterocycles. The van der Waals surface area contributed by atoms with E-state index in [-0.39, 0.29) is 6.04 Å². The first-order valence-corrected chi connectivity index (χ1v) is 8.55. The van der Waals surface area contributed by atoms with Gasteiger partial charge >= 0.3 is 0 Å². The van der Waals surface area contributed by atoms with Gasteiger partial charge in [-0.3, -0.25) is 0 Å². The third kappa shape index (κ3) is 2.61. The molecule has 102 valence electrons. The molecular formula is C12H20N2O2S2. The number of sulfonamides is 1. The summed E-state index contributed by atoms with van der Waals surface area (Å²) in [5.74, 6) is 0.394. The van der Waals surface area contributed by atoms with Crippen molar-refractivity contribution in [3.05, 3.63) is 17.0 Å². The summed E-state index contributed by atoms with van der Waals surface area (Å²) in [4.78, 5) is 1.10. The molecule has 2 atom stereocenters. The Morgan fingerprint density at radius 1 is 1.50 bits per heavy atom. The van der Waals surface area contributed by atoms with E-state index in [0.717, 1.165) is 17.7 Å². The van der Waals surface area contributed by atoms with Crippen molar-refractivity contribution >= 4 is 21.4 Å². The van der Waals surface area contributed by atoms with Gasteiger partial charge in [-0.05, 0) is 30.9 Å². The van der Waals surface area contributed by atoms with Crippen LogP contribution in [0.25, 0.3) is 0 Å². The second kappa shape index (κ2) is 5.28. The van der Waals surface area contributed by atoms with E-state index in [4.69, 9.17) is 5.73 Å². The average Bonchev–Trinajstić information content (AvgIpc) is 2.81. The summed E-state index contributed by atoms with van der Waals surface area (Å²) in [5.41, 5.74) is 5.97. The fraction of sp³-hybridized carbons (Fsp3) is 0.667. The lowest BCUT2D eigenvalue weighted by Gasteiger charge is -2.33. The minimum atomic E-state index is -3.34. The molecule has 0 amide bonds. The predicted octanol–water partition coefficient (Wildman–Crippen LogP) is 1.67. The van der Waals surface area contributed by atoms with Crippen molar-refractivity contribution in [2.45, 2.75) is 36.9 Å². The number of thiophene rings is 1. The van der Waals surface area contributed by atoms with Crippen LogP contribution in [-0.4, -0.2) is 31.9 Å². The lowest BCUT2D eigenvalue weighted by atomic mass is 9.96. The van der Waals surface area contributed by atoms with Crippen LogP contribution in [0.3, 0.4) is 0 Å². The first-order valence-electron chi connectivity index (χ1n) is 6.29. The third-order valence-electron chi connectivity index (χ3n) is 3.56. The highest BCUT2D eigenvalue weighted by Crippen LogP contribution is 2.28. The van der Waals surface area contributed by atoms with Gasteiger partial charge in [-0.2, -0.15) is 4.31 Å². The quantitative estimate of drug-likeness (QED) is 0.920. The molecule has 1 aliphatic rings. The van der Waals surface area contributed by atoms with Gasteiger partial charge in [0.1, 0.15) is 4.21 Å². The maximum atomic E-state index is 12.4. The van der Waals surface area contributed by atoms with E-state index < -0.39 is 10.0 Å². The smallest absolute Gasteiger partial charge is 0.252 e. The van der Waals surface area contributed by atoms with E-state index in [9.17, 15) is 8.42 Å². The van der Waals surface area contributed by atoms with Crippen molar-refractivity contribution in [3.8, 4) is 0 Å². The molecule has 6 heteroatoms. The van der Waals surface area contributed by atoms with Crippen LogP contribution in [-0.2, 0) is 16.4 Å². The lowest BCUT2D eigenvalue weighted by Crippen LogP contribution is -2.49. The molecule has 1 aromatic heterocycles. The molecule has 1 aromatic rings. The Bertz CT molecular complexity index is 510. The van der Waals surface area contributed by atoms with Gasteiger partial charge in [-0.1, -0.05) is 13.8 Å². The summed E-state index contributed by atoms with van der Waals surface area (Å²) in [6.45, 7) is 5.12. The molecule has 18 heavy (non-hydrogen) atoms. The van der Waals surface area contributed by atoms with Crippen LogP contribution in [0.4, 0.5) is 0 Å². The Hall–Kier alpha value is -0.430. The maximum absolute atomic E-state index is 12.4. The van der Waals surface area contributed by atoms with E-state index >= 15 is 0 Å². The van der Waals surface area contributed by atoms with Crippen LogP contribution >= 0.6 is 11.3 Å². The van der Waals surface area contributed by atoms with Crippen molar-refractivity contribution in [2.75, 3.05) is 13.1 Å². The van der Waals surface area contributed by atoms with E-state index in [1.165, 1.54) is 15.6 Å².